The van der Waals surface area contributed by atoms with Crippen LogP contribution < -0.4 is 14.9 Å². The summed E-state index contributed by atoms with van der Waals surface area (Å²) in [5.74, 6) is -0.971. The average molecular weight is 315 g/mol. The van der Waals surface area contributed by atoms with Crippen molar-refractivity contribution in [1.82, 2.24) is 5.43 Å². The Bertz CT molecular complexity index is 560. The molecule has 114 valence electrons. The van der Waals surface area contributed by atoms with Crippen molar-refractivity contribution in [3.8, 4) is 11.5 Å². The molecule has 0 fully saturated rings. The molecule has 1 amide bonds. The second kappa shape index (κ2) is 8.11. The van der Waals surface area contributed by atoms with E-state index in [1.54, 1.807) is 13.0 Å². The zero-order chi connectivity index (χ0) is 15.8. The molecule has 0 saturated heterocycles. The van der Waals surface area contributed by atoms with Crippen molar-refractivity contribution in [3.05, 3.63) is 22.7 Å². The van der Waals surface area contributed by atoms with Gasteiger partial charge < -0.3 is 14.6 Å². The second-order valence-electron chi connectivity index (χ2n) is 3.87. The monoisotopic (exact) mass is 314 g/mol. The summed E-state index contributed by atoms with van der Waals surface area (Å²) < 4.78 is 10.5. The number of hydrogen-bond acceptors (Lipinski definition) is 5. The van der Waals surface area contributed by atoms with Crippen LogP contribution in [-0.2, 0) is 9.59 Å². The van der Waals surface area contributed by atoms with Crippen molar-refractivity contribution in [2.75, 3.05) is 13.2 Å². The molecule has 0 aromatic heterocycles. The first-order chi connectivity index (χ1) is 9.93. The summed E-state index contributed by atoms with van der Waals surface area (Å²) in [6.45, 7) is 2.93. The summed E-state index contributed by atoms with van der Waals surface area (Å²) >= 11 is 6.05. The molecule has 1 aromatic carbocycles. The Hall–Kier alpha value is -2.28. The first kappa shape index (κ1) is 16.8. The SMILES string of the molecule is CCOc1cc(/C=N\NC(C)=O)cc(Cl)c1OCC(=O)O. The molecule has 0 aliphatic carbocycles. The smallest absolute Gasteiger partial charge is 0.341 e. The van der Waals surface area contributed by atoms with Crippen molar-refractivity contribution in [2.24, 2.45) is 5.10 Å². The Labute approximate surface area is 126 Å². The van der Waals surface area contributed by atoms with Crippen LogP contribution in [0.15, 0.2) is 17.2 Å². The van der Waals surface area contributed by atoms with E-state index in [1.807, 2.05) is 0 Å². The van der Waals surface area contributed by atoms with Gasteiger partial charge in [-0.1, -0.05) is 11.6 Å². The number of carboxylic acids is 1. The van der Waals surface area contributed by atoms with E-state index in [9.17, 15) is 9.59 Å². The average Bonchev–Trinajstić information content (AvgIpc) is 2.37. The predicted molar refractivity (Wildman–Crippen MR) is 77.2 cm³/mol. The highest BCUT2D eigenvalue weighted by molar-refractivity contribution is 6.32. The van der Waals surface area contributed by atoms with Crippen LogP contribution in [0, 0.1) is 0 Å². The maximum Gasteiger partial charge on any atom is 0.341 e. The normalized spacial score (nSPS) is 10.4. The molecule has 0 aliphatic heterocycles. The highest BCUT2D eigenvalue weighted by Gasteiger charge is 2.13. The predicted octanol–water partition coefficient (Wildman–Crippen LogP) is 1.67. The zero-order valence-electron chi connectivity index (χ0n) is 11.6. The number of amides is 1. The number of benzene rings is 1. The summed E-state index contributed by atoms with van der Waals surface area (Å²) in [6.07, 6.45) is 1.39. The lowest BCUT2D eigenvalue weighted by Crippen LogP contribution is -2.12. The molecule has 0 saturated carbocycles. The lowest BCUT2D eigenvalue weighted by atomic mass is 10.2. The molecular weight excluding hydrogens is 300 g/mol. The number of hydrazone groups is 1. The molecule has 2 N–H and O–H groups in total. The minimum Gasteiger partial charge on any atom is -0.490 e. The standard InChI is InChI=1S/C13H15ClN2O5/c1-3-20-11-5-9(6-15-16-8(2)17)4-10(14)13(11)21-7-12(18)19/h4-6H,3,7H2,1-2H3,(H,16,17)(H,18,19)/b15-6-. The van der Waals surface area contributed by atoms with Crippen LogP contribution in [0.4, 0.5) is 0 Å². The fourth-order valence-corrected chi connectivity index (χ4v) is 1.67. The number of ether oxygens (including phenoxy) is 2. The Balaban J connectivity index is 3.02. The first-order valence-electron chi connectivity index (χ1n) is 6.04. The number of aliphatic carboxylic acids is 1. The molecule has 1 aromatic rings. The van der Waals surface area contributed by atoms with Gasteiger partial charge in [0.2, 0.25) is 5.91 Å². The molecular formula is C13H15ClN2O5. The molecule has 0 aliphatic rings. The summed E-state index contributed by atoms with van der Waals surface area (Å²) in [7, 11) is 0. The molecule has 1 rings (SSSR count). The third-order valence-electron chi connectivity index (χ3n) is 2.11. The van der Waals surface area contributed by atoms with Crippen LogP contribution in [0.5, 0.6) is 11.5 Å². The van der Waals surface area contributed by atoms with Crippen LogP contribution in [0.2, 0.25) is 5.02 Å². The lowest BCUT2D eigenvalue weighted by Gasteiger charge is -2.13. The molecule has 0 atom stereocenters. The highest BCUT2D eigenvalue weighted by atomic mass is 35.5. The first-order valence-corrected chi connectivity index (χ1v) is 6.42. The van der Waals surface area contributed by atoms with Gasteiger partial charge in [-0.3, -0.25) is 4.79 Å². The number of carbonyl (C=O) groups is 2. The van der Waals surface area contributed by atoms with Crippen LogP contribution >= 0.6 is 11.6 Å². The molecule has 8 heteroatoms. The number of hydrogen-bond donors (Lipinski definition) is 2. The van der Waals surface area contributed by atoms with Gasteiger partial charge in [-0.15, -0.1) is 0 Å². The lowest BCUT2D eigenvalue weighted by molar-refractivity contribution is -0.139. The summed E-state index contributed by atoms with van der Waals surface area (Å²) in [6, 6.07) is 3.10. The largest absolute Gasteiger partial charge is 0.490 e. The van der Waals surface area contributed by atoms with Crippen LogP contribution in [0.1, 0.15) is 19.4 Å². The third kappa shape index (κ3) is 5.70. The van der Waals surface area contributed by atoms with Gasteiger partial charge in [-0.2, -0.15) is 5.10 Å². The fraction of sp³-hybridized carbons (Fsp3) is 0.308. The maximum atomic E-state index is 10.7. The number of rotatable bonds is 7. The van der Waals surface area contributed by atoms with Gasteiger partial charge in [0.05, 0.1) is 17.8 Å². The Morgan fingerprint density at radius 2 is 2.14 bits per heavy atom. The van der Waals surface area contributed by atoms with E-state index < -0.39 is 12.6 Å². The van der Waals surface area contributed by atoms with Gasteiger partial charge >= 0.3 is 5.97 Å². The Morgan fingerprint density at radius 1 is 1.43 bits per heavy atom. The van der Waals surface area contributed by atoms with Gasteiger partial charge in [-0.25, -0.2) is 10.2 Å². The number of nitrogens with one attached hydrogen (secondary N) is 1. The van der Waals surface area contributed by atoms with Crippen LogP contribution in [0.25, 0.3) is 0 Å². The number of halogens is 1. The van der Waals surface area contributed by atoms with Crippen LogP contribution in [0.3, 0.4) is 0 Å². The Morgan fingerprint density at radius 3 is 2.71 bits per heavy atom. The molecule has 0 bridgehead atoms. The van der Waals surface area contributed by atoms with E-state index in [2.05, 4.69) is 10.5 Å². The molecule has 0 spiro atoms. The molecule has 0 unspecified atom stereocenters. The third-order valence-corrected chi connectivity index (χ3v) is 2.39. The van der Waals surface area contributed by atoms with Crippen LogP contribution in [-0.4, -0.2) is 36.4 Å². The molecule has 0 radical (unpaired) electrons. The van der Waals surface area contributed by atoms with Gasteiger partial charge in [0.25, 0.3) is 0 Å². The molecule has 0 heterocycles. The summed E-state index contributed by atoms with van der Waals surface area (Å²) in [4.78, 5) is 21.3. The zero-order valence-corrected chi connectivity index (χ0v) is 12.3. The van der Waals surface area contributed by atoms with Gasteiger partial charge in [-0.05, 0) is 24.6 Å². The van der Waals surface area contributed by atoms with Crippen molar-refractivity contribution in [2.45, 2.75) is 13.8 Å². The number of carbonyl (C=O) groups excluding carboxylic acids is 1. The maximum absolute atomic E-state index is 10.7. The topological polar surface area (TPSA) is 97.2 Å². The van der Waals surface area contributed by atoms with Crippen molar-refractivity contribution < 1.29 is 24.2 Å². The van der Waals surface area contributed by atoms with E-state index in [4.69, 9.17) is 26.2 Å². The number of carboxylic acid groups (broad SMARTS) is 1. The quantitative estimate of drug-likeness (QED) is 0.589. The van der Waals surface area contributed by atoms with E-state index in [-0.39, 0.29) is 16.7 Å². The molecule has 21 heavy (non-hydrogen) atoms. The van der Waals surface area contributed by atoms with E-state index >= 15 is 0 Å². The minimum atomic E-state index is -1.12. The van der Waals surface area contributed by atoms with Gasteiger partial charge in [0, 0.05) is 6.92 Å². The van der Waals surface area contributed by atoms with Crippen molar-refractivity contribution >= 4 is 29.7 Å². The second-order valence-corrected chi connectivity index (χ2v) is 4.28. The van der Waals surface area contributed by atoms with E-state index in [0.29, 0.717) is 17.9 Å². The van der Waals surface area contributed by atoms with Gasteiger partial charge in [0.15, 0.2) is 18.1 Å². The summed E-state index contributed by atoms with van der Waals surface area (Å²) in [5, 5.41) is 12.5. The minimum absolute atomic E-state index is 0.151. The van der Waals surface area contributed by atoms with E-state index in [1.165, 1.54) is 19.2 Å². The fourth-order valence-electron chi connectivity index (χ4n) is 1.40. The van der Waals surface area contributed by atoms with Crippen molar-refractivity contribution in [3.63, 3.8) is 0 Å². The summed E-state index contributed by atoms with van der Waals surface area (Å²) in [5.41, 5.74) is 2.83. The highest BCUT2D eigenvalue weighted by Crippen LogP contribution is 2.36. The molecule has 7 nitrogen and oxygen atoms in total. The van der Waals surface area contributed by atoms with Gasteiger partial charge in [0.1, 0.15) is 0 Å². The van der Waals surface area contributed by atoms with E-state index in [0.717, 1.165) is 0 Å². The van der Waals surface area contributed by atoms with Crippen molar-refractivity contribution in [1.29, 1.82) is 0 Å². The number of nitrogens with zero attached hydrogens (tertiary/aromatic N) is 1. The Kier molecular flexibility index (Phi) is 6.48.